The van der Waals surface area contributed by atoms with E-state index in [9.17, 15) is 0 Å². The second-order valence-corrected chi connectivity index (χ2v) is 4.47. The van der Waals surface area contributed by atoms with Crippen molar-refractivity contribution in [2.75, 3.05) is 6.54 Å². The van der Waals surface area contributed by atoms with Crippen molar-refractivity contribution in [2.45, 2.75) is 33.6 Å². The Morgan fingerprint density at radius 3 is 2.76 bits per heavy atom. The summed E-state index contributed by atoms with van der Waals surface area (Å²) < 4.78 is 2.02. The first-order valence-corrected chi connectivity index (χ1v) is 6.04. The van der Waals surface area contributed by atoms with Crippen molar-refractivity contribution in [3.8, 4) is 0 Å². The Labute approximate surface area is 101 Å². The summed E-state index contributed by atoms with van der Waals surface area (Å²) in [6, 6.07) is 1.95. The number of nitrogens with two attached hydrogens (primary N) is 1. The first-order chi connectivity index (χ1) is 8.15. The zero-order valence-corrected chi connectivity index (χ0v) is 10.6. The quantitative estimate of drug-likeness (QED) is 0.863. The minimum Gasteiger partial charge on any atom is -0.330 e. The topological polar surface area (TPSA) is 69.1 Å². The molecule has 0 saturated heterocycles. The van der Waals surface area contributed by atoms with Gasteiger partial charge in [-0.25, -0.2) is 4.98 Å². The molecule has 92 valence electrons. The summed E-state index contributed by atoms with van der Waals surface area (Å²) in [6.07, 6.45) is 1.92. The lowest BCUT2D eigenvalue weighted by atomic mass is 10.0. The van der Waals surface area contributed by atoms with Crippen molar-refractivity contribution in [3.05, 3.63) is 23.4 Å². The Morgan fingerprint density at radius 1 is 1.35 bits per heavy atom. The first-order valence-electron chi connectivity index (χ1n) is 6.04. The Hall–Kier alpha value is -1.49. The fraction of sp³-hybridized carbons (Fsp3) is 0.583. The summed E-state index contributed by atoms with van der Waals surface area (Å²) >= 11 is 0. The third kappa shape index (κ3) is 2.29. The molecule has 0 aromatic carbocycles. The van der Waals surface area contributed by atoms with Crippen LogP contribution in [0.25, 0.3) is 5.65 Å². The van der Waals surface area contributed by atoms with Gasteiger partial charge in [0.2, 0.25) is 0 Å². The average molecular weight is 233 g/mol. The summed E-state index contributed by atoms with van der Waals surface area (Å²) in [5, 5.41) is 8.44. The van der Waals surface area contributed by atoms with Gasteiger partial charge in [0.15, 0.2) is 5.65 Å². The lowest BCUT2D eigenvalue weighted by Gasteiger charge is -2.11. The van der Waals surface area contributed by atoms with Gasteiger partial charge in [0, 0.05) is 18.2 Å². The smallest absolute Gasteiger partial charge is 0.164 e. The van der Waals surface area contributed by atoms with Gasteiger partial charge in [-0.1, -0.05) is 13.3 Å². The van der Waals surface area contributed by atoms with Gasteiger partial charge in [-0.3, -0.25) is 4.40 Å². The van der Waals surface area contributed by atoms with Crippen molar-refractivity contribution >= 4 is 5.65 Å². The highest BCUT2D eigenvalue weighted by molar-refractivity contribution is 5.39. The molecule has 0 aliphatic carbocycles. The summed E-state index contributed by atoms with van der Waals surface area (Å²) in [5.74, 6) is 2.36. The molecule has 17 heavy (non-hydrogen) atoms. The van der Waals surface area contributed by atoms with Gasteiger partial charge >= 0.3 is 0 Å². The van der Waals surface area contributed by atoms with Crippen LogP contribution in [-0.2, 0) is 6.42 Å². The number of nitrogens with zero attached hydrogens (tertiary/aromatic N) is 4. The minimum absolute atomic E-state index is 0.461. The van der Waals surface area contributed by atoms with Gasteiger partial charge in [-0.15, -0.1) is 10.2 Å². The molecule has 0 aliphatic heterocycles. The average Bonchev–Trinajstić information content (AvgIpc) is 2.69. The summed E-state index contributed by atoms with van der Waals surface area (Å²) in [7, 11) is 0. The van der Waals surface area contributed by atoms with Gasteiger partial charge in [0.25, 0.3) is 0 Å². The van der Waals surface area contributed by atoms with Crippen LogP contribution in [-0.4, -0.2) is 26.1 Å². The molecule has 0 saturated carbocycles. The second kappa shape index (κ2) is 4.79. The van der Waals surface area contributed by atoms with Crippen LogP contribution in [0.4, 0.5) is 0 Å². The molecule has 0 radical (unpaired) electrons. The standard InChI is InChI=1S/C12H19N5/c1-4-10(7-13)6-12-16-15-11-5-8(2)14-9(3)17(11)12/h5,10H,4,6-7,13H2,1-3H3. The van der Waals surface area contributed by atoms with E-state index >= 15 is 0 Å². The van der Waals surface area contributed by atoms with E-state index in [4.69, 9.17) is 5.73 Å². The molecule has 2 rings (SSSR count). The van der Waals surface area contributed by atoms with E-state index in [1.807, 2.05) is 24.3 Å². The summed E-state index contributed by atoms with van der Waals surface area (Å²) in [6.45, 7) is 6.78. The van der Waals surface area contributed by atoms with Crippen molar-refractivity contribution < 1.29 is 0 Å². The molecule has 0 spiro atoms. The summed E-state index contributed by atoms with van der Waals surface area (Å²) in [5.41, 5.74) is 7.58. The van der Waals surface area contributed by atoms with E-state index in [0.29, 0.717) is 12.5 Å². The second-order valence-electron chi connectivity index (χ2n) is 4.47. The molecular weight excluding hydrogens is 214 g/mol. The maximum atomic E-state index is 5.73. The van der Waals surface area contributed by atoms with Crippen LogP contribution >= 0.6 is 0 Å². The number of fused-ring (bicyclic) bond motifs is 1. The van der Waals surface area contributed by atoms with Crippen molar-refractivity contribution in [1.29, 1.82) is 0 Å². The van der Waals surface area contributed by atoms with E-state index in [-0.39, 0.29) is 0 Å². The monoisotopic (exact) mass is 233 g/mol. The maximum Gasteiger partial charge on any atom is 0.164 e. The zero-order valence-electron chi connectivity index (χ0n) is 10.6. The van der Waals surface area contributed by atoms with E-state index in [0.717, 1.165) is 35.8 Å². The molecule has 2 aromatic heterocycles. The normalized spacial score (nSPS) is 13.2. The van der Waals surface area contributed by atoms with E-state index in [2.05, 4.69) is 22.1 Å². The molecule has 0 fully saturated rings. The van der Waals surface area contributed by atoms with Gasteiger partial charge in [0.05, 0.1) is 0 Å². The van der Waals surface area contributed by atoms with Crippen LogP contribution in [0.2, 0.25) is 0 Å². The molecule has 1 unspecified atom stereocenters. The molecule has 5 heteroatoms. The first kappa shape index (κ1) is 12.0. The Bertz CT molecular complexity index is 513. The molecule has 5 nitrogen and oxygen atoms in total. The fourth-order valence-corrected chi connectivity index (χ4v) is 2.09. The third-order valence-electron chi connectivity index (χ3n) is 3.14. The van der Waals surface area contributed by atoms with E-state index < -0.39 is 0 Å². The fourth-order valence-electron chi connectivity index (χ4n) is 2.09. The minimum atomic E-state index is 0.461. The highest BCUT2D eigenvalue weighted by atomic mass is 15.3. The Morgan fingerprint density at radius 2 is 2.12 bits per heavy atom. The maximum absolute atomic E-state index is 5.73. The van der Waals surface area contributed by atoms with E-state index in [1.54, 1.807) is 0 Å². The molecule has 2 aromatic rings. The lowest BCUT2D eigenvalue weighted by molar-refractivity contribution is 0.502. The van der Waals surface area contributed by atoms with Crippen LogP contribution in [0.1, 0.15) is 30.7 Å². The molecule has 2 heterocycles. The number of hydrogen-bond acceptors (Lipinski definition) is 4. The Balaban J connectivity index is 2.42. The predicted molar refractivity (Wildman–Crippen MR) is 66.8 cm³/mol. The molecule has 0 aliphatic rings. The SMILES string of the molecule is CCC(CN)Cc1nnc2cc(C)nc(C)n12. The van der Waals surface area contributed by atoms with Gasteiger partial charge < -0.3 is 5.73 Å². The summed E-state index contributed by atoms with van der Waals surface area (Å²) in [4.78, 5) is 4.45. The van der Waals surface area contributed by atoms with Crippen LogP contribution < -0.4 is 5.73 Å². The van der Waals surface area contributed by atoms with Crippen LogP contribution in [0.15, 0.2) is 6.07 Å². The van der Waals surface area contributed by atoms with Gasteiger partial charge in [-0.05, 0) is 26.3 Å². The van der Waals surface area contributed by atoms with Crippen LogP contribution in [0.3, 0.4) is 0 Å². The van der Waals surface area contributed by atoms with Crippen molar-refractivity contribution in [1.82, 2.24) is 19.6 Å². The lowest BCUT2D eigenvalue weighted by Crippen LogP contribution is -2.17. The van der Waals surface area contributed by atoms with Gasteiger partial charge in [-0.2, -0.15) is 0 Å². The molecule has 2 N–H and O–H groups in total. The molecule has 0 amide bonds. The number of aryl methyl sites for hydroxylation is 2. The third-order valence-corrected chi connectivity index (χ3v) is 3.14. The molecule has 0 bridgehead atoms. The van der Waals surface area contributed by atoms with Crippen molar-refractivity contribution in [3.63, 3.8) is 0 Å². The largest absolute Gasteiger partial charge is 0.330 e. The number of aromatic nitrogens is 4. The Kier molecular flexibility index (Phi) is 3.38. The number of rotatable bonds is 4. The van der Waals surface area contributed by atoms with Gasteiger partial charge in [0.1, 0.15) is 11.6 Å². The van der Waals surface area contributed by atoms with Crippen LogP contribution in [0, 0.1) is 19.8 Å². The highest BCUT2D eigenvalue weighted by Gasteiger charge is 2.13. The molecule has 1 atom stereocenters. The number of hydrogen-bond donors (Lipinski definition) is 1. The van der Waals surface area contributed by atoms with Crippen LogP contribution in [0.5, 0.6) is 0 Å². The predicted octanol–water partition coefficient (Wildman–Crippen LogP) is 1.27. The zero-order chi connectivity index (χ0) is 12.4. The van der Waals surface area contributed by atoms with Crippen molar-refractivity contribution in [2.24, 2.45) is 11.7 Å². The highest BCUT2D eigenvalue weighted by Crippen LogP contribution is 2.13. The van der Waals surface area contributed by atoms with E-state index in [1.165, 1.54) is 0 Å². The molecular formula is C12H19N5.